The molecule has 1 unspecified atom stereocenters. The fraction of sp³-hybridized carbons (Fsp3) is 0.323. The van der Waals surface area contributed by atoms with Gasteiger partial charge in [0.25, 0.3) is 0 Å². The van der Waals surface area contributed by atoms with E-state index in [9.17, 15) is 10.4 Å². The Hall–Kier alpha value is -3.75. The summed E-state index contributed by atoms with van der Waals surface area (Å²) in [6.07, 6.45) is 0.864. The number of benzene rings is 3. The number of hydrogen-bond acceptors (Lipinski definition) is 5. The first-order chi connectivity index (χ1) is 17.4. The summed E-state index contributed by atoms with van der Waals surface area (Å²) in [5, 5.41) is 19.9. The number of rotatable bonds is 6. The van der Waals surface area contributed by atoms with E-state index in [-0.39, 0.29) is 5.75 Å². The zero-order valence-corrected chi connectivity index (χ0v) is 21.1. The van der Waals surface area contributed by atoms with E-state index in [1.54, 1.807) is 18.2 Å². The van der Waals surface area contributed by atoms with Gasteiger partial charge >= 0.3 is 0 Å². The van der Waals surface area contributed by atoms with E-state index in [0.717, 1.165) is 52.6 Å². The summed E-state index contributed by atoms with van der Waals surface area (Å²) in [7, 11) is 0. The number of nitriles is 1. The van der Waals surface area contributed by atoms with Gasteiger partial charge in [-0.25, -0.2) is 0 Å². The molecule has 0 amide bonds. The van der Waals surface area contributed by atoms with Crippen LogP contribution in [0.25, 0.3) is 11.1 Å². The molecule has 1 N–H and O–H groups in total. The van der Waals surface area contributed by atoms with Crippen LogP contribution < -0.4 is 9.47 Å². The first-order valence-electron chi connectivity index (χ1n) is 12.6. The first kappa shape index (κ1) is 24.0. The molecule has 0 radical (unpaired) electrons. The summed E-state index contributed by atoms with van der Waals surface area (Å²) in [6, 6.07) is 23.5. The lowest BCUT2D eigenvalue weighted by atomic mass is 9.84. The predicted molar refractivity (Wildman–Crippen MR) is 142 cm³/mol. The van der Waals surface area contributed by atoms with Gasteiger partial charge in [-0.15, -0.1) is 0 Å². The van der Waals surface area contributed by atoms with Gasteiger partial charge in [0.2, 0.25) is 0 Å². The summed E-state index contributed by atoms with van der Waals surface area (Å²) in [5.74, 6) is 2.48. The fourth-order valence-corrected chi connectivity index (χ4v) is 5.27. The molecule has 0 aliphatic carbocycles. The summed E-state index contributed by atoms with van der Waals surface area (Å²) in [6.45, 7) is 9.49. The van der Waals surface area contributed by atoms with Gasteiger partial charge in [0.15, 0.2) is 0 Å². The van der Waals surface area contributed by atoms with E-state index in [1.165, 1.54) is 6.42 Å². The smallest absolute Gasteiger partial charge is 0.150 e. The highest BCUT2D eigenvalue weighted by atomic mass is 16.5. The number of aromatic hydroxyl groups is 1. The van der Waals surface area contributed by atoms with Gasteiger partial charge in [0, 0.05) is 23.7 Å². The molecule has 2 heterocycles. The van der Waals surface area contributed by atoms with Crippen LogP contribution in [0.1, 0.15) is 55.5 Å². The molecule has 5 nitrogen and oxygen atoms in total. The summed E-state index contributed by atoms with van der Waals surface area (Å²) < 4.78 is 12.6. The molecule has 3 aromatic carbocycles. The van der Waals surface area contributed by atoms with E-state index in [4.69, 9.17) is 9.47 Å². The summed E-state index contributed by atoms with van der Waals surface area (Å²) in [4.78, 5) is 2.50. The zero-order chi connectivity index (χ0) is 25.2. The van der Waals surface area contributed by atoms with Gasteiger partial charge in [-0.2, -0.15) is 5.26 Å². The molecule has 1 saturated heterocycles. The van der Waals surface area contributed by atoms with Crippen LogP contribution >= 0.6 is 0 Å². The van der Waals surface area contributed by atoms with Crippen molar-refractivity contribution < 1.29 is 14.6 Å². The quantitative estimate of drug-likeness (QED) is 0.440. The topological polar surface area (TPSA) is 65.7 Å². The molecule has 3 atom stereocenters. The maximum absolute atomic E-state index is 10.1. The third-order valence-electron chi connectivity index (χ3n) is 7.37. The molecule has 36 heavy (non-hydrogen) atoms. The van der Waals surface area contributed by atoms with Crippen molar-refractivity contribution in [2.45, 2.75) is 39.3 Å². The molecule has 5 heteroatoms. The largest absolute Gasteiger partial charge is 0.508 e. The molecule has 1 fully saturated rings. The van der Waals surface area contributed by atoms with Crippen LogP contribution in [0.2, 0.25) is 0 Å². The Morgan fingerprint density at radius 1 is 1.11 bits per heavy atom. The maximum Gasteiger partial charge on any atom is 0.150 e. The molecule has 3 aromatic rings. The Kier molecular flexibility index (Phi) is 6.71. The van der Waals surface area contributed by atoms with E-state index >= 15 is 0 Å². The number of ether oxygens (including phenoxy) is 2. The molecule has 2 aliphatic rings. The van der Waals surface area contributed by atoms with Crippen molar-refractivity contribution in [1.29, 1.82) is 5.26 Å². The van der Waals surface area contributed by atoms with Crippen LogP contribution in [0, 0.1) is 17.2 Å². The SMILES string of the molecule is CC1=C(c2ccccc2C#N)C(c2ccc(OC[C@H](C)N3CC[C@@H](C)C3)cc2)Oc2ccc(O)cc21. The normalized spacial score (nSPS) is 20.4. The Bertz CT molecular complexity index is 1320. The van der Waals surface area contributed by atoms with Crippen molar-refractivity contribution in [3.63, 3.8) is 0 Å². The average Bonchev–Trinajstić information content (AvgIpc) is 3.34. The number of hydrogen-bond donors (Lipinski definition) is 1. The third-order valence-corrected chi connectivity index (χ3v) is 7.37. The minimum Gasteiger partial charge on any atom is -0.508 e. The van der Waals surface area contributed by atoms with Crippen molar-refractivity contribution in [3.8, 4) is 23.3 Å². The Labute approximate surface area is 213 Å². The number of phenolic OH excluding ortho intramolecular Hbond substituents is 1. The summed E-state index contributed by atoms with van der Waals surface area (Å²) >= 11 is 0. The predicted octanol–water partition coefficient (Wildman–Crippen LogP) is 6.44. The molecule has 0 bridgehead atoms. The zero-order valence-electron chi connectivity index (χ0n) is 21.1. The molecular formula is C31H32N2O3. The number of likely N-dealkylation sites (tertiary alicyclic amines) is 1. The Morgan fingerprint density at radius 2 is 1.89 bits per heavy atom. The van der Waals surface area contributed by atoms with Crippen LogP contribution in [0.5, 0.6) is 17.2 Å². The van der Waals surface area contributed by atoms with Gasteiger partial charge in [-0.1, -0.05) is 37.3 Å². The lowest BCUT2D eigenvalue weighted by Crippen LogP contribution is -2.35. The number of phenols is 1. The molecule has 0 spiro atoms. The van der Waals surface area contributed by atoms with Gasteiger partial charge in [-0.05, 0) is 85.8 Å². The van der Waals surface area contributed by atoms with E-state index < -0.39 is 6.10 Å². The molecule has 2 aliphatic heterocycles. The van der Waals surface area contributed by atoms with Gasteiger partial charge < -0.3 is 14.6 Å². The highest BCUT2D eigenvalue weighted by molar-refractivity contribution is 5.96. The molecule has 0 aromatic heterocycles. The third kappa shape index (κ3) is 4.69. The maximum atomic E-state index is 10.1. The molecular weight excluding hydrogens is 448 g/mol. The lowest BCUT2D eigenvalue weighted by molar-refractivity contribution is 0.169. The van der Waals surface area contributed by atoms with E-state index in [0.29, 0.717) is 24.0 Å². The number of fused-ring (bicyclic) bond motifs is 1. The van der Waals surface area contributed by atoms with Crippen LogP contribution in [-0.2, 0) is 0 Å². The van der Waals surface area contributed by atoms with Gasteiger partial charge in [-0.3, -0.25) is 4.90 Å². The second-order valence-corrected chi connectivity index (χ2v) is 9.99. The fourth-order valence-electron chi connectivity index (χ4n) is 5.27. The first-order valence-corrected chi connectivity index (χ1v) is 12.6. The standard InChI is InChI=1S/C31H32N2O3/c1-20-14-15-33(18-20)21(2)19-35-26-11-8-23(9-12-26)31-30(27-7-5-4-6-24(27)17-32)22(3)28-16-25(34)10-13-29(28)36-31/h4-13,16,20-21,31,34H,14-15,18-19H2,1-3H3/t20-,21+,31?/m1/s1. The van der Waals surface area contributed by atoms with Crippen molar-refractivity contribution in [2.75, 3.05) is 19.7 Å². The van der Waals surface area contributed by atoms with Crippen LogP contribution in [0.3, 0.4) is 0 Å². The van der Waals surface area contributed by atoms with Crippen molar-refractivity contribution in [3.05, 3.63) is 89.0 Å². The number of nitrogens with zero attached hydrogens (tertiary/aromatic N) is 2. The second kappa shape index (κ2) is 10.1. The Morgan fingerprint density at radius 3 is 2.61 bits per heavy atom. The highest BCUT2D eigenvalue weighted by Gasteiger charge is 2.31. The monoisotopic (exact) mass is 480 g/mol. The molecule has 0 saturated carbocycles. The van der Waals surface area contributed by atoms with Crippen molar-refractivity contribution >= 4 is 11.1 Å². The van der Waals surface area contributed by atoms with Crippen molar-refractivity contribution in [1.82, 2.24) is 4.90 Å². The lowest BCUT2D eigenvalue weighted by Gasteiger charge is -2.31. The van der Waals surface area contributed by atoms with Gasteiger partial charge in [0.1, 0.15) is 30.0 Å². The van der Waals surface area contributed by atoms with E-state index in [2.05, 4.69) is 24.8 Å². The minimum atomic E-state index is -0.393. The summed E-state index contributed by atoms with van der Waals surface area (Å²) in [5.41, 5.74) is 5.15. The molecule has 184 valence electrons. The van der Waals surface area contributed by atoms with Crippen LogP contribution in [0.4, 0.5) is 0 Å². The van der Waals surface area contributed by atoms with Crippen molar-refractivity contribution in [2.24, 2.45) is 5.92 Å². The van der Waals surface area contributed by atoms with Crippen LogP contribution in [0.15, 0.2) is 66.7 Å². The average molecular weight is 481 g/mol. The Balaban J connectivity index is 1.44. The molecule has 5 rings (SSSR count). The second-order valence-electron chi connectivity index (χ2n) is 9.99. The van der Waals surface area contributed by atoms with Gasteiger partial charge in [0.05, 0.1) is 11.6 Å². The number of allylic oxidation sites excluding steroid dienone is 1. The minimum absolute atomic E-state index is 0.183. The van der Waals surface area contributed by atoms with E-state index in [1.807, 2.05) is 55.5 Å². The highest BCUT2D eigenvalue weighted by Crippen LogP contribution is 2.48. The van der Waals surface area contributed by atoms with Crippen LogP contribution in [-0.4, -0.2) is 35.7 Å².